The molecule has 0 radical (unpaired) electrons. The molecule has 1 N–H and O–H groups in total. The molecule has 3 nitrogen and oxygen atoms in total. The maximum Gasteiger partial charge on any atom is 0.253 e. The van der Waals surface area contributed by atoms with Gasteiger partial charge >= 0.3 is 0 Å². The first kappa shape index (κ1) is 13.1. The van der Waals surface area contributed by atoms with Crippen molar-refractivity contribution in [2.75, 3.05) is 19.6 Å². The number of piperidine rings is 1. The summed E-state index contributed by atoms with van der Waals surface area (Å²) < 4.78 is 0. The highest BCUT2D eigenvalue weighted by molar-refractivity contribution is 5.94. The number of likely N-dealkylation sites (tertiary alicyclic amines) is 1. The molecule has 1 aliphatic heterocycles. The van der Waals surface area contributed by atoms with Gasteiger partial charge in [-0.2, -0.15) is 0 Å². The van der Waals surface area contributed by atoms with Crippen LogP contribution in [0.1, 0.15) is 35.7 Å². The molecule has 1 fully saturated rings. The van der Waals surface area contributed by atoms with Crippen LogP contribution < -0.4 is 5.32 Å². The summed E-state index contributed by atoms with van der Waals surface area (Å²) in [6.07, 6.45) is 2.12. The zero-order valence-electron chi connectivity index (χ0n) is 11.3. The summed E-state index contributed by atoms with van der Waals surface area (Å²) in [7, 11) is 0. The third-order valence-corrected chi connectivity index (χ3v) is 3.54. The van der Waals surface area contributed by atoms with E-state index in [-0.39, 0.29) is 5.91 Å². The number of carbonyl (C=O) groups excluding carboxylic acids is 1. The standard InChI is InChI=1S/C15H22N2O/c1-3-16-14-7-9-17(10-8-14)15(18)13-6-4-5-12(2)11-13/h4-6,11,14,16H,3,7-10H2,1-2H3. The Kier molecular flexibility index (Phi) is 4.37. The fourth-order valence-corrected chi connectivity index (χ4v) is 2.54. The van der Waals surface area contributed by atoms with Crippen molar-refractivity contribution in [1.82, 2.24) is 10.2 Å². The van der Waals surface area contributed by atoms with Crippen LogP contribution in [0.2, 0.25) is 0 Å². The molecule has 1 aliphatic rings. The normalized spacial score (nSPS) is 16.9. The van der Waals surface area contributed by atoms with Gasteiger partial charge in [-0.15, -0.1) is 0 Å². The molecule has 0 aliphatic carbocycles. The van der Waals surface area contributed by atoms with Crippen LogP contribution in [0.5, 0.6) is 0 Å². The number of nitrogens with one attached hydrogen (secondary N) is 1. The molecule has 1 heterocycles. The first-order valence-corrected chi connectivity index (χ1v) is 6.80. The van der Waals surface area contributed by atoms with Crippen LogP contribution in [0.15, 0.2) is 24.3 Å². The molecule has 0 unspecified atom stereocenters. The number of hydrogen-bond acceptors (Lipinski definition) is 2. The minimum atomic E-state index is 0.175. The van der Waals surface area contributed by atoms with Crippen LogP contribution in [0, 0.1) is 6.92 Å². The van der Waals surface area contributed by atoms with Crippen molar-refractivity contribution in [1.29, 1.82) is 0 Å². The molecule has 1 aromatic carbocycles. The van der Waals surface area contributed by atoms with Gasteiger partial charge in [0.2, 0.25) is 0 Å². The van der Waals surface area contributed by atoms with Gasteiger partial charge in [0.25, 0.3) is 5.91 Å². The van der Waals surface area contributed by atoms with Gasteiger partial charge in [0, 0.05) is 24.7 Å². The van der Waals surface area contributed by atoms with Gasteiger partial charge in [-0.25, -0.2) is 0 Å². The van der Waals surface area contributed by atoms with E-state index in [0.29, 0.717) is 6.04 Å². The molecule has 1 saturated heterocycles. The lowest BCUT2D eigenvalue weighted by Crippen LogP contribution is -2.44. The number of hydrogen-bond donors (Lipinski definition) is 1. The van der Waals surface area contributed by atoms with Crippen LogP contribution in [0.4, 0.5) is 0 Å². The van der Waals surface area contributed by atoms with E-state index in [4.69, 9.17) is 0 Å². The largest absolute Gasteiger partial charge is 0.339 e. The Balaban J connectivity index is 1.95. The highest BCUT2D eigenvalue weighted by atomic mass is 16.2. The topological polar surface area (TPSA) is 32.3 Å². The number of carbonyl (C=O) groups is 1. The SMILES string of the molecule is CCNC1CCN(C(=O)c2cccc(C)c2)CC1. The number of aryl methyl sites for hydroxylation is 1. The smallest absolute Gasteiger partial charge is 0.253 e. The van der Waals surface area contributed by atoms with E-state index in [1.165, 1.54) is 0 Å². The van der Waals surface area contributed by atoms with Gasteiger partial charge in [0.15, 0.2) is 0 Å². The van der Waals surface area contributed by atoms with Crippen molar-refractivity contribution in [2.24, 2.45) is 0 Å². The molecule has 2 rings (SSSR count). The predicted octanol–water partition coefficient (Wildman–Crippen LogP) is 2.21. The lowest BCUT2D eigenvalue weighted by Gasteiger charge is -2.32. The van der Waals surface area contributed by atoms with Gasteiger partial charge < -0.3 is 10.2 Å². The Hall–Kier alpha value is -1.35. The van der Waals surface area contributed by atoms with Crippen LogP contribution in [0.3, 0.4) is 0 Å². The zero-order valence-corrected chi connectivity index (χ0v) is 11.3. The Labute approximate surface area is 109 Å². The van der Waals surface area contributed by atoms with Gasteiger partial charge in [-0.3, -0.25) is 4.79 Å². The van der Waals surface area contributed by atoms with Gasteiger partial charge in [0.1, 0.15) is 0 Å². The maximum atomic E-state index is 12.3. The zero-order chi connectivity index (χ0) is 13.0. The Morgan fingerprint density at radius 1 is 1.39 bits per heavy atom. The fourth-order valence-electron chi connectivity index (χ4n) is 2.54. The molecule has 0 aromatic heterocycles. The van der Waals surface area contributed by atoms with E-state index in [1.807, 2.05) is 36.1 Å². The predicted molar refractivity (Wildman–Crippen MR) is 73.8 cm³/mol. The van der Waals surface area contributed by atoms with Crippen molar-refractivity contribution in [3.8, 4) is 0 Å². The molecule has 0 spiro atoms. The first-order valence-electron chi connectivity index (χ1n) is 6.80. The number of nitrogens with zero attached hydrogens (tertiary/aromatic N) is 1. The second-order valence-corrected chi connectivity index (χ2v) is 4.99. The highest BCUT2D eigenvalue weighted by Crippen LogP contribution is 2.14. The molecule has 0 bridgehead atoms. The monoisotopic (exact) mass is 246 g/mol. The minimum Gasteiger partial charge on any atom is -0.339 e. The molecule has 1 aromatic rings. The Morgan fingerprint density at radius 3 is 2.72 bits per heavy atom. The van der Waals surface area contributed by atoms with Crippen molar-refractivity contribution in [3.05, 3.63) is 35.4 Å². The summed E-state index contributed by atoms with van der Waals surface area (Å²) in [6.45, 7) is 6.89. The second-order valence-electron chi connectivity index (χ2n) is 4.99. The lowest BCUT2D eigenvalue weighted by atomic mass is 10.0. The van der Waals surface area contributed by atoms with Crippen molar-refractivity contribution in [2.45, 2.75) is 32.7 Å². The number of benzene rings is 1. The van der Waals surface area contributed by atoms with Crippen LogP contribution in [0.25, 0.3) is 0 Å². The minimum absolute atomic E-state index is 0.175. The van der Waals surface area contributed by atoms with E-state index in [2.05, 4.69) is 12.2 Å². The molecule has 98 valence electrons. The van der Waals surface area contributed by atoms with E-state index in [9.17, 15) is 4.79 Å². The molecule has 1 amide bonds. The Morgan fingerprint density at radius 2 is 2.11 bits per heavy atom. The molecule has 3 heteroatoms. The molecular formula is C15H22N2O. The van der Waals surface area contributed by atoms with Gasteiger partial charge in [-0.05, 0) is 38.4 Å². The second kappa shape index (κ2) is 6.01. The highest BCUT2D eigenvalue weighted by Gasteiger charge is 2.22. The quantitative estimate of drug-likeness (QED) is 0.887. The fraction of sp³-hybridized carbons (Fsp3) is 0.533. The van der Waals surface area contributed by atoms with Crippen molar-refractivity contribution < 1.29 is 4.79 Å². The number of rotatable bonds is 3. The van der Waals surface area contributed by atoms with E-state index < -0.39 is 0 Å². The molecule has 18 heavy (non-hydrogen) atoms. The average Bonchev–Trinajstić information content (AvgIpc) is 2.39. The van der Waals surface area contributed by atoms with E-state index in [0.717, 1.165) is 43.6 Å². The van der Waals surface area contributed by atoms with Gasteiger partial charge in [0.05, 0.1) is 0 Å². The third kappa shape index (κ3) is 3.10. The van der Waals surface area contributed by atoms with Crippen LogP contribution in [-0.4, -0.2) is 36.5 Å². The van der Waals surface area contributed by atoms with Crippen LogP contribution in [-0.2, 0) is 0 Å². The number of amides is 1. The third-order valence-electron chi connectivity index (χ3n) is 3.54. The van der Waals surface area contributed by atoms with E-state index >= 15 is 0 Å². The maximum absolute atomic E-state index is 12.3. The average molecular weight is 246 g/mol. The molecular weight excluding hydrogens is 224 g/mol. The summed E-state index contributed by atoms with van der Waals surface area (Å²) in [5.74, 6) is 0.175. The van der Waals surface area contributed by atoms with Gasteiger partial charge in [-0.1, -0.05) is 24.6 Å². The summed E-state index contributed by atoms with van der Waals surface area (Å²) in [5.41, 5.74) is 1.96. The van der Waals surface area contributed by atoms with Crippen LogP contribution >= 0.6 is 0 Å². The molecule has 0 saturated carbocycles. The molecule has 0 atom stereocenters. The summed E-state index contributed by atoms with van der Waals surface area (Å²) in [4.78, 5) is 14.3. The van der Waals surface area contributed by atoms with E-state index in [1.54, 1.807) is 0 Å². The van der Waals surface area contributed by atoms with Crippen molar-refractivity contribution in [3.63, 3.8) is 0 Å². The summed E-state index contributed by atoms with van der Waals surface area (Å²) in [6, 6.07) is 8.43. The summed E-state index contributed by atoms with van der Waals surface area (Å²) in [5, 5.41) is 3.45. The lowest BCUT2D eigenvalue weighted by molar-refractivity contribution is 0.0706. The first-order chi connectivity index (χ1) is 8.70. The summed E-state index contributed by atoms with van der Waals surface area (Å²) >= 11 is 0. The Bertz CT molecular complexity index is 409. The van der Waals surface area contributed by atoms with Crippen molar-refractivity contribution >= 4 is 5.91 Å².